The average molecular weight is 409 g/mol. The number of nitrogens with one attached hydrogen (secondary N) is 1. The van der Waals surface area contributed by atoms with Crippen molar-refractivity contribution in [3.63, 3.8) is 0 Å². The Labute approximate surface area is 168 Å². The Morgan fingerprint density at radius 1 is 1.14 bits per heavy atom. The van der Waals surface area contributed by atoms with Gasteiger partial charge in [0.25, 0.3) is 0 Å². The molecule has 156 valence electrons. The van der Waals surface area contributed by atoms with Crippen LogP contribution in [-0.2, 0) is 14.8 Å². The summed E-state index contributed by atoms with van der Waals surface area (Å²) in [6.45, 7) is 6.83. The Morgan fingerprint density at radius 3 is 2.54 bits per heavy atom. The van der Waals surface area contributed by atoms with Gasteiger partial charge in [-0.3, -0.25) is 9.69 Å². The Hall–Kier alpha value is -1.48. The SMILES string of the molecule is C[C@H]1CCCCN1CCN(CC(=O)N1CCNCC1)S(=O)(=O)c1ccccc1. The van der Waals surface area contributed by atoms with E-state index in [2.05, 4.69) is 17.1 Å². The fraction of sp³-hybridized carbons (Fsp3) is 0.650. The monoisotopic (exact) mass is 408 g/mol. The first-order valence-electron chi connectivity index (χ1n) is 10.3. The summed E-state index contributed by atoms with van der Waals surface area (Å²) in [7, 11) is -3.71. The van der Waals surface area contributed by atoms with E-state index < -0.39 is 10.0 Å². The first-order valence-corrected chi connectivity index (χ1v) is 11.7. The van der Waals surface area contributed by atoms with Crippen molar-refractivity contribution in [3.8, 4) is 0 Å². The van der Waals surface area contributed by atoms with Gasteiger partial charge in [-0.15, -0.1) is 0 Å². The molecule has 1 aromatic rings. The lowest BCUT2D eigenvalue weighted by Crippen LogP contribution is -2.51. The fourth-order valence-electron chi connectivity index (χ4n) is 3.92. The van der Waals surface area contributed by atoms with Crippen LogP contribution < -0.4 is 5.32 Å². The van der Waals surface area contributed by atoms with Crippen molar-refractivity contribution in [2.24, 2.45) is 0 Å². The molecule has 1 N–H and O–H groups in total. The summed E-state index contributed by atoms with van der Waals surface area (Å²) in [4.78, 5) is 17.1. The van der Waals surface area contributed by atoms with Gasteiger partial charge in [-0.05, 0) is 38.4 Å². The molecular weight excluding hydrogens is 376 g/mol. The van der Waals surface area contributed by atoms with E-state index in [1.165, 1.54) is 10.7 Å². The van der Waals surface area contributed by atoms with Crippen LogP contribution in [0.1, 0.15) is 26.2 Å². The van der Waals surface area contributed by atoms with E-state index in [0.717, 1.165) is 32.5 Å². The Balaban J connectivity index is 1.74. The lowest BCUT2D eigenvalue weighted by Gasteiger charge is -2.35. The summed E-state index contributed by atoms with van der Waals surface area (Å²) in [6.07, 6.45) is 3.52. The zero-order valence-corrected chi connectivity index (χ0v) is 17.5. The van der Waals surface area contributed by atoms with E-state index in [1.807, 2.05) is 0 Å². The number of likely N-dealkylation sites (tertiary alicyclic amines) is 1. The van der Waals surface area contributed by atoms with Gasteiger partial charge in [0.1, 0.15) is 0 Å². The minimum absolute atomic E-state index is 0.0978. The van der Waals surface area contributed by atoms with Crippen molar-refractivity contribution in [1.29, 1.82) is 0 Å². The van der Waals surface area contributed by atoms with Gasteiger partial charge in [0.15, 0.2) is 0 Å². The molecule has 2 fully saturated rings. The molecule has 8 heteroatoms. The lowest BCUT2D eigenvalue weighted by atomic mass is 10.0. The van der Waals surface area contributed by atoms with E-state index >= 15 is 0 Å². The maximum Gasteiger partial charge on any atom is 0.243 e. The van der Waals surface area contributed by atoms with E-state index in [0.29, 0.717) is 32.2 Å². The lowest BCUT2D eigenvalue weighted by molar-refractivity contribution is -0.132. The second-order valence-electron chi connectivity index (χ2n) is 7.66. The van der Waals surface area contributed by atoms with Gasteiger partial charge < -0.3 is 10.2 Å². The number of nitrogens with zero attached hydrogens (tertiary/aromatic N) is 3. The molecule has 3 rings (SSSR count). The molecule has 0 saturated carbocycles. The minimum Gasteiger partial charge on any atom is -0.339 e. The Morgan fingerprint density at radius 2 is 1.86 bits per heavy atom. The highest BCUT2D eigenvalue weighted by Gasteiger charge is 2.30. The van der Waals surface area contributed by atoms with Crippen LogP contribution in [-0.4, -0.2) is 86.8 Å². The molecule has 0 aliphatic carbocycles. The third-order valence-corrected chi connectivity index (χ3v) is 7.60. The topological polar surface area (TPSA) is 73.0 Å². The number of piperidine rings is 1. The number of carbonyl (C=O) groups is 1. The van der Waals surface area contributed by atoms with Crippen molar-refractivity contribution in [3.05, 3.63) is 30.3 Å². The fourth-order valence-corrected chi connectivity index (χ4v) is 5.32. The number of hydrogen-bond donors (Lipinski definition) is 1. The van der Waals surface area contributed by atoms with Crippen LogP contribution in [0.2, 0.25) is 0 Å². The molecule has 28 heavy (non-hydrogen) atoms. The molecular formula is C20H32N4O3S. The molecule has 1 atom stereocenters. The number of carbonyl (C=O) groups excluding carboxylic acids is 1. The molecule has 0 bridgehead atoms. The standard InChI is InChI=1S/C20H32N4O3S/c1-18-7-5-6-12-22(18)15-16-24(17-20(25)23-13-10-21-11-14-23)28(26,27)19-8-3-2-4-9-19/h2-4,8-9,18,21H,5-7,10-17H2,1H3/t18-/m0/s1. The minimum atomic E-state index is -3.71. The quantitative estimate of drug-likeness (QED) is 0.728. The largest absolute Gasteiger partial charge is 0.339 e. The molecule has 0 radical (unpaired) electrons. The van der Waals surface area contributed by atoms with Crippen LogP contribution in [0.5, 0.6) is 0 Å². The van der Waals surface area contributed by atoms with Crippen LogP contribution in [0.15, 0.2) is 35.2 Å². The second-order valence-corrected chi connectivity index (χ2v) is 9.60. The molecule has 2 aliphatic heterocycles. The predicted molar refractivity (Wildman–Crippen MR) is 110 cm³/mol. The second kappa shape index (κ2) is 9.82. The molecule has 0 spiro atoms. The summed E-state index contributed by atoms with van der Waals surface area (Å²) in [5.41, 5.74) is 0. The molecule has 1 amide bonds. The molecule has 0 unspecified atom stereocenters. The van der Waals surface area contributed by atoms with E-state index in [4.69, 9.17) is 0 Å². The van der Waals surface area contributed by atoms with Gasteiger partial charge in [-0.25, -0.2) is 8.42 Å². The highest BCUT2D eigenvalue weighted by atomic mass is 32.2. The van der Waals surface area contributed by atoms with Crippen LogP contribution >= 0.6 is 0 Å². The number of sulfonamides is 1. The third-order valence-electron chi connectivity index (χ3n) is 5.74. The molecule has 2 saturated heterocycles. The molecule has 7 nitrogen and oxygen atoms in total. The van der Waals surface area contributed by atoms with E-state index in [9.17, 15) is 13.2 Å². The molecule has 2 heterocycles. The number of rotatable bonds is 7. The van der Waals surface area contributed by atoms with Crippen molar-refractivity contribution < 1.29 is 13.2 Å². The predicted octanol–water partition coefficient (Wildman–Crippen LogP) is 0.984. The van der Waals surface area contributed by atoms with Crippen molar-refractivity contribution in [2.45, 2.75) is 37.1 Å². The molecule has 2 aliphatic rings. The Bertz CT molecular complexity index is 735. The zero-order chi connectivity index (χ0) is 20.0. The van der Waals surface area contributed by atoms with Gasteiger partial charge in [-0.1, -0.05) is 24.6 Å². The summed E-state index contributed by atoms with van der Waals surface area (Å²) in [6, 6.07) is 8.89. The van der Waals surface area contributed by atoms with Gasteiger partial charge in [-0.2, -0.15) is 4.31 Å². The van der Waals surface area contributed by atoms with Crippen LogP contribution in [0.4, 0.5) is 0 Å². The maximum atomic E-state index is 13.2. The summed E-state index contributed by atoms with van der Waals surface area (Å²) in [5.74, 6) is -0.118. The summed E-state index contributed by atoms with van der Waals surface area (Å²) in [5, 5.41) is 3.22. The molecule has 0 aromatic heterocycles. The number of piperazine rings is 1. The van der Waals surface area contributed by atoms with Gasteiger partial charge >= 0.3 is 0 Å². The Kier molecular flexibility index (Phi) is 7.45. The first-order chi connectivity index (χ1) is 13.5. The van der Waals surface area contributed by atoms with Crippen molar-refractivity contribution in [1.82, 2.24) is 19.4 Å². The van der Waals surface area contributed by atoms with E-state index in [1.54, 1.807) is 35.2 Å². The zero-order valence-electron chi connectivity index (χ0n) is 16.7. The van der Waals surface area contributed by atoms with E-state index in [-0.39, 0.29) is 17.3 Å². The molecule has 1 aromatic carbocycles. The summed E-state index contributed by atoms with van der Waals surface area (Å²) >= 11 is 0. The summed E-state index contributed by atoms with van der Waals surface area (Å²) < 4.78 is 27.8. The average Bonchev–Trinajstić information content (AvgIpc) is 2.73. The number of benzene rings is 1. The van der Waals surface area contributed by atoms with Crippen LogP contribution in [0, 0.1) is 0 Å². The van der Waals surface area contributed by atoms with Gasteiger partial charge in [0.05, 0.1) is 11.4 Å². The van der Waals surface area contributed by atoms with Crippen LogP contribution in [0.25, 0.3) is 0 Å². The van der Waals surface area contributed by atoms with Crippen LogP contribution in [0.3, 0.4) is 0 Å². The van der Waals surface area contributed by atoms with Crippen molar-refractivity contribution in [2.75, 3.05) is 52.4 Å². The third kappa shape index (κ3) is 5.31. The first kappa shape index (κ1) is 21.2. The number of hydrogen-bond acceptors (Lipinski definition) is 5. The van der Waals surface area contributed by atoms with Crippen molar-refractivity contribution >= 4 is 15.9 Å². The number of amides is 1. The highest BCUT2D eigenvalue weighted by Crippen LogP contribution is 2.19. The normalized spacial score (nSPS) is 21.8. The smallest absolute Gasteiger partial charge is 0.243 e. The maximum absolute atomic E-state index is 13.2. The highest BCUT2D eigenvalue weighted by molar-refractivity contribution is 7.89. The van der Waals surface area contributed by atoms with Gasteiger partial charge in [0, 0.05) is 45.3 Å². The van der Waals surface area contributed by atoms with Gasteiger partial charge in [0.2, 0.25) is 15.9 Å².